The van der Waals surface area contributed by atoms with E-state index in [1.165, 1.54) is 4.90 Å². The van der Waals surface area contributed by atoms with Crippen molar-refractivity contribution in [2.45, 2.75) is 4.83 Å². The van der Waals surface area contributed by atoms with Crippen LogP contribution in [0.4, 0.5) is 0 Å². The molecule has 0 bridgehead atoms. The average Bonchev–Trinajstić information content (AvgIpc) is 2.55. The van der Waals surface area contributed by atoms with Gasteiger partial charge in [0, 0.05) is 16.7 Å². The van der Waals surface area contributed by atoms with E-state index in [1.54, 1.807) is 24.3 Å². The van der Waals surface area contributed by atoms with Crippen LogP contribution in [0.3, 0.4) is 0 Å². The largest absolute Gasteiger partial charge is 0.273 e. The molecule has 1 aromatic rings. The molecule has 0 radical (unpaired) electrons. The summed E-state index contributed by atoms with van der Waals surface area (Å²) in [6.45, 7) is 0.387. The molecule has 3 nitrogen and oxygen atoms in total. The Morgan fingerprint density at radius 1 is 1.12 bits per heavy atom. The van der Waals surface area contributed by atoms with E-state index in [0.29, 0.717) is 23.0 Å². The minimum absolute atomic E-state index is 0.0784. The van der Waals surface area contributed by atoms with E-state index in [4.69, 9.17) is 0 Å². The van der Waals surface area contributed by atoms with Crippen molar-refractivity contribution in [3.05, 3.63) is 35.4 Å². The van der Waals surface area contributed by atoms with E-state index in [2.05, 4.69) is 31.9 Å². The van der Waals surface area contributed by atoms with Crippen molar-refractivity contribution in [3.63, 3.8) is 0 Å². The molecule has 5 heteroatoms. The van der Waals surface area contributed by atoms with Gasteiger partial charge in [-0.15, -0.1) is 0 Å². The highest BCUT2D eigenvalue weighted by molar-refractivity contribution is 9.12. The van der Waals surface area contributed by atoms with Crippen molar-refractivity contribution in [1.29, 1.82) is 0 Å². The van der Waals surface area contributed by atoms with E-state index in [-0.39, 0.29) is 16.6 Å². The standard InChI is InChI=1S/C11H9Br2NO2/c12-5-7(13)6-14-10(15)8-3-1-2-4-9(8)11(14)16/h1-4,7H,5-6H2. The summed E-state index contributed by atoms with van der Waals surface area (Å²) in [5, 5.41) is 0.695. The third-order valence-electron chi connectivity index (χ3n) is 2.43. The first-order valence-electron chi connectivity index (χ1n) is 4.80. The summed E-state index contributed by atoms with van der Waals surface area (Å²) in [5.74, 6) is -0.406. The molecule has 0 aromatic heterocycles. The van der Waals surface area contributed by atoms with Gasteiger partial charge in [-0.05, 0) is 12.1 Å². The average molecular weight is 347 g/mol. The predicted molar refractivity (Wildman–Crippen MR) is 68.3 cm³/mol. The van der Waals surface area contributed by atoms with E-state index < -0.39 is 0 Å². The molecular weight excluding hydrogens is 338 g/mol. The van der Waals surface area contributed by atoms with Crippen molar-refractivity contribution in [3.8, 4) is 0 Å². The maximum Gasteiger partial charge on any atom is 0.261 e. The fourth-order valence-corrected chi connectivity index (χ4v) is 2.15. The number of carbonyl (C=O) groups is 2. The number of hydrogen-bond acceptors (Lipinski definition) is 2. The van der Waals surface area contributed by atoms with Gasteiger partial charge in [0.25, 0.3) is 11.8 Å². The smallest absolute Gasteiger partial charge is 0.261 e. The first kappa shape index (κ1) is 11.8. The zero-order chi connectivity index (χ0) is 11.7. The van der Waals surface area contributed by atoms with E-state index in [0.717, 1.165) is 0 Å². The lowest BCUT2D eigenvalue weighted by molar-refractivity contribution is 0.0657. The van der Waals surface area contributed by atoms with Crippen LogP contribution in [0.2, 0.25) is 0 Å². The molecule has 1 atom stereocenters. The number of halogens is 2. The fraction of sp³-hybridized carbons (Fsp3) is 0.273. The third-order valence-corrected chi connectivity index (χ3v) is 4.69. The number of hydrogen-bond donors (Lipinski definition) is 0. The molecule has 1 aliphatic rings. The van der Waals surface area contributed by atoms with Gasteiger partial charge in [-0.3, -0.25) is 14.5 Å². The second kappa shape index (κ2) is 4.67. The number of nitrogens with zero attached hydrogens (tertiary/aromatic N) is 1. The lowest BCUT2D eigenvalue weighted by Gasteiger charge is -2.16. The maximum absolute atomic E-state index is 11.9. The Kier molecular flexibility index (Phi) is 3.44. The van der Waals surface area contributed by atoms with Crippen LogP contribution in [0.5, 0.6) is 0 Å². The Balaban J connectivity index is 2.28. The molecule has 0 aliphatic carbocycles. The topological polar surface area (TPSA) is 37.4 Å². The third kappa shape index (κ3) is 1.94. The molecule has 0 saturated carbocycles. The Morgan fingerprint density at radius 3 is 2.06 bits per heavy atom. The van der Waals surface area contributed by atoms with Gasteiger partial charge in [0.05, 0.1) is 11.1 Å². The molecule has 1 aliphatic heterocycles. The lowest BCUT2D eigenvalue weighted by atomic mass is 10.1. The predicted octanol–water partition coefficient (Wildman–Crippen LogP) is 2.44. The summed E-state index contributed by atoms with van der Waals surface area (Å²) in [4.78, 5) is 25.2. The summed E-state index contributed by atoms with van der Waals surface area (Å²) in [6.07, 6.45) is 0. The Labute approximate surface area is 110 Å². The molecule has 0 spiro atoms. The number of amides is 2. The van der Waals surface area contributed by atoms with Crippen LogP contribution in [-0.2, 0) is 0 Å². The van der Waals surface area contributed by atoms with Crippen LogP contribution in [0.1, 0.15) is 20.7 Å². The summed E-state index contributed by atoms with van der Waals surface area (Å²) in [7, 11) is 0. The molecule has 2 rings (SSSR count). The summed E-state index contributed by atoms with van der Waals surface area (Å²) >= 11 is 6.69. The molecular formula is C11H9Br2NO2. The van der Waals surface area contributed by atoms with E-state index >= 15 is 0 Å². The normalized spacial score (nSPS) is 16.5. The molecule has 0 fully saturated rings. The van der Waals surface area contributed by atoms with E-state index in [9.17, 15) is 9.59 Å². The quantitative estimate of drug-likeness (QED) is 0.622. The Hall–Kier alpha value is -0.680. The Bertz CT molecular complexity index is 412. The van der Waals surface area contributed by atoms with Crippen LogP contribution in [-0.4, -0.2) is 33.4 Å². The van der Waals surface area contributed by atoms with Crippen LogP contribution >= 0.6 is 31.9 Å². The second-order valence-corrected chi connectivity index (χ2v) is 5.46. The molecule has 2 amide bonds. The molecule has 0 saturated heterocycles. The Morgan fingerprint density at radius 2 is 1.62 bits per heavy atom. The fourth-order valence-electron chi connectivity index (χ4n) is 1.65. The zero-order valence-corrected chi connectivity index (χ0v) is 11.5. The molecule has 1 unspecified atom stereocenters. The van der Waals surface area contributed by atoms with Crippen molar-refractivity contribution >= 4 is 43.7 Å². The van der Waals surface area contributed by atoms with Crippen molar-refractivity contribution in [2.24, 2.45) is 0 Å². The molecule has 16 heavy (non-hydrogen) atoms. The first-order valence-corrected chi connectivity index (χ1v) is 6.84. The maximum atomic E-state index is 11.9. The van der Waals surface area contributed by atoms with Gasteiger partial charge in [-0.25, -0.2) is 0 Å². The minimum atomic E-state index is -0.203. The zero-order valence-electron chi connectivity index (χ0n) is 8.32. The van der Waals surface area contributed by atoms with Gasteiger partial charge in [-0.2, -0.15) is 0 Å². The second-order valence-electron chi connectivity index (χ2n) is 3.52. The van der Waals surface area contributed by atoms with E-state index in [1.807, 2.05) is 0 Å². The van der Waals surface area contributed by atoms with Gasteiger partial charge in [-0.1, -0.05) is 44.0 Å². The first-order chi connectivity index (χ1) is 7.65. The highest BCUT2D eigenvalue weighted by atomic mass is 79.9. The SMILES string of the molecule is O=C1c2ccccc2C(=O)N1CC(Br)CBr. The van der Waals surface area contributed by atoms with Crippen LogP contribution in [0.25, 0.3) is 0 Å². The monoisotopic (exact) mass is 345 g/mol. The van der Waals surface area contributed by atoms with Crippen LogP contribution in [0.15, 0.2) is 24.3 Å². The van der Waals surface area contributed by atoms with Crippen LogP contribution in [0, 0.1) is 0 Å². The summed E-state index contributed by atoms with van der Waals surface area (Å²) < 4.78 is 0. The van der Waals surface area contributed by atoms with Crippen molar-refractivity contribution < 1.29 is 9.59 Å². The summed E-state index contributed by atoms with van der Waals surface area (Å²) in [5.41, 5.74) is 1.00. The molecule has 1 aromatic carbocycles. The van der Waals surface area contributed by atoms with Gasteiger partial charge < -0.3 is 0 Å². The number of alkyl halides is 2. The highest BCUT2D eigenvalue weighted by Crippen LogP contribution is 2.23. The van der Waals surface area contributed by atoms with Crippen molar-refractivity contribution in [2.75, 3.05) is 11.9 Å². The number of fused-ring (bicyclic) bond motifs is 1. The number of benzene rings is 1. The molecule has 1 heterocycles. The van der Waals surface area contributed by atoms with Gasteiger partial charge >= 0.3 is 0 Å². The highest BCUT2D eigenvalue weighted by Gasteiger charge is 2.35. The molecule has 84 valence electrons. The number of carbonyl (C=O) groups excluding carboxylic acids is 2. The summed E-state index contributed by atoms with van der Waals surface area (Å²) in [6, 6.07) is 6.91. The molecule has 0 N–H and O–H groups in total. The minimum Gasteiger partial charge on any atom is -0.273 e. The number of rotatable bonds is 3. The van der Waals surface area contributed by atoms with Gasteiger partial charge in [0.2, 0.25) is 0 Å². The lowest BCUT2D eigenvalue weighted by Crippen LogP contribution is -2.35. The van der Waals surface area contributed by atoms with Crippen molar-refractivity contribution in [1.82, 2.24) is 4.90 Å². The number of imide groups is 1. The van der Waals surface area contributed by atoms with Gasteiger partial charge in [0.15, 0.2) is 0 Å². The van der Waals surface area contributed by atoms with Crippen LogP contribution < -0.4 is 0 Å². The van der Waals surface area contributed by atoms with Gasteiger partial charge in [0.1, 0.15) is 0 Å².